The Morgan fingerprint density at radius 1 is 1.23 bits per heavy atom. The standard InChI is InChI=1S/C22H26FN3O4/c1-26-8-7-17(4-6-21(26)27)25-22(28)15-3-5-19(29-2)20(11-15)30-18-10-14(13-24)9-16(23)12-18/h3,5,9-12,17H,4,6-8,13,24H2,1-2H3,(H,25,28). The maximum atomic E-state index is 13.8. The van der Waals surface area contributed by atoms with Crippen LogP contribution >= 0.6 is 0 Å². The number of amides is 2. The van der Waals surface area contributed by atoms with E-state index in [9.17, 15) is 14.0 Å². The fraction of sp³-hybridized carbons (Fsp3) is 0.364. The van der Waals surface area contributed by atoms with Gasteiger partial charge in [0.2, 0.25) is 5.91 Å². The number of carbonyl (C=O) groups is 2. The number of hydrogen-bond acceptors (Lipinski definition) is 5. The molecule has 0 bridgehead atoms. The molecule has 1 fully saturated rings. The Morgan fingerprint density at radius 3 is 2.77 bits per heavy atom. The lowest BCUT2D eigenvalue weighted by Gasteiger charge is -2.17. The number of nitrogens with two attached hydrogens (primary N) is 1. The minimum atomic E-state index is -0.464. The molecule has 2 amide bonds. The third-order valence-corrected chi connectivity index (χ3v) is 5.10. The lowest BCUT2D eigenvalue weighted by molar-refractivity contribution is -0.129. The largest absolute Gasteiger partial charge is 0.493 e. The molecular weight excluding hydrogens is 389 g/mol. The Kier molecular flexibility index (Phi) is 6.89. The van der Waals surface area contributed by atoms with E-state index >= 15 is 0 Å². The van der Waals surface area contributed by atoms with Crippen molar-refractivity contribution in [1.29, 1.82) is 0 Å². The van der Waals surface area contributed by atoms with Crippen LogP contribution in [0.1, 0.15) is 35.2 Å². The zero-order valence-electron chi connectivity index (χ0n) is 17.1. The second-order valence-electron chi connectivity index (χ2n) is 7.28. The van der Waals surface area contributed by atoms with Gasteiger partial charge in [0, 0.05) is 44.2 Å². The van der Waals surface area contributed by atoms with Gasteiger partial charge in [0.1, 0.15) is 11.6 Å². The predicted octanol–water partition coefficient (Wildman–Crippen LogP) is 2.83. The summed E-state index contributed by atoms with van der Waals surface area (Å²) in [6, 6.07) is 8.92. The predicted molar refractivity (Wildman–Crippen MR) is 110 cm³/mol. The van der Waals surface area contributed by atoms with Crippen LogP contribution in [0, 0.1) is 5.82 Å². The number of hydrogen-bond donors (Lipinski definition) is 2. The Balaban J connectivity index is 1.77. The maximum Gasteiger partial charge on any atom is 0.251 e. The summed E-state index contributed by atoms with van der Waals surface area (Å²) in [6.45, 7) is 0.774. The smallest absolute Gasteiger partial charge is 0.251 e. The first-order chi connectivity index (χ1) is 14.4. The van der Waals surface area contributed by atoms with E-state index < -0.39 is 5.82 Å². The van der Waals surface area contributed by atoms with E-state index in [2.05, 4.69) is 5.32 Å². The average Bonchev–Trinajstić information content (AvgIpc) is 2.89. The van der Waals surface area contributed by atoms with Crippen molar-refractivity contribution in [3.05, 3.63) is 53.3 Å². The van der Waals surface area contributed by atoms with E-state index in [0.29, 0.717) is 42.7 Å². The molecule has 8 heteroatoms. The molecule has 7 nitrogen and oxygen atoms in total. The van der Waals surface area contributed by atoms with Crippen LogP contribution in [0.4, 0.5) is 4.39 Å². The quantitative estimate of drug-likeness (QED) is 0.757. The van der Waals surface area contributed by atoms with Crippen molar-refractivity contribution in [3.8, 4) is 17.2 Å². The van der Waals surface area contributed by atoms with Gasteiger partial charge in [0.15, 0.2) is 11.5 Å². The molecule has 3 rings (SSSR count). The summed E-state index contributed by atoms with van der Waals surface area (Å²) in [5, 5.41) is 2.98. The second-order valence-corrected chi connectivity index (χ2v) is 7.28. The molecule has 0 aromatic heterocycles. The molecule has 1 saturated heterocycles. The summed E-state index contributed by atoms with van der Waals surface area (Å²) >= 11 is 0. The van der Waals surface area contributed by atoms with E-state index in [1.54, 1.807) is 36.2 Å². The molecule has 0 aliphatic carbocycles. The van der Waals surface area contributed by atoms with Crippen molar-refractivity contribution in [2.75, 3.05) is 20.7 Å². The van der Waals surface area contributed by atoms with Crippen LogP contribution in [-0.2, 0) is 11.3 Å². The highest BCUT2D eigenvalue weighted by Crippen LogP contribution is 2.33. The summed E-state index contributed by atoms with van der Waals surface area (Å²) in [5.41, 5.74) is 6.56. The fourth-order valence-electron chi connectivity index (χ4n) is 3.34. The van der Waals surface area contributed by atoms with E-state index in [1.807, 2.05) is 0 Å². The monoisotopic (exact) mass is 415 g/mol. The number of ether oxygens (including phenoxy) is 2. The molecule has 0 radical (unpaired) electrons. The molecule has 1 atom stereocenters. The molecule has 2 aromatic rings. The molecule has 160 valence electrons. The van der Waals surface area contributed by atoms with Crippen LogP contribution in [0.5, 0.6) is 17.2 Å². The van der Waals surface area contributed by atoms with Gasteiger partial charge in [0.25, 0.3) is 5.91 Å². The van der Waals surface area contributed by atoms with Gasteiger partial charge in [-0.25, -0.2) is 4.39 Å². The number of rotatable bonds is 6. The van der Waals surface area contributed by atoms with Gasteiger partial charge in [-0.15, -0.1) is 0 Å². The molecule has 1 aliphatic rings. The average molecular weight is 415 g/mol. The molecule has 0 spiro atoms. The Morgan fingerprint density at radius 2 is 2.03 bits per heavy atom. The summed E-state index contributed by atoms with van der Waals surface area (Å²) in [7, 11) is 3.25. The number of nitrogens with one attached hydrogen (secondary N) is 1. The number of likely N-dealkylation sites (tertiary alicyclic amines) is 1. The van der Waals surface area contributed by atoms with Gasteiger partial charge in [-0.05, 0) is 48.7 Å². The van der Waals surface area contributed by atoms with Gasteiger partial charge in [-0.1, -0.05) is 0 Å². The van der Waals surface area contributed by atoms with Crippen molar-refractivity contribution in [3.63, 3.8) is 0 Å². The summed E-state index contributed by atoms with van der Waals surface area (Å²) in [6.07, 6.45) is 1.69. The molecule has 30 heavy (non-hydrogen) atoms. The van der Waals surface area contributed by atoms with E-state index in [4.69, 9.17) is 15.2 Å². The highest BCUT2D eigenvalue weighted by atomic mass is 19.1. The summed E-state index contributed by atoms with van der Waals surface area (Å²) in [5.74, 6) is 0.303. The highest BCUT2D eigenvalue weighted by molar-refractivity contribution is 5.95. The van der Waals surface area contributed by atoms with Crippen molar-refractivity contribution in [2.45, 2.75) is 31.8 Å². The zero-order valence-corrected chi connectivity index (χ0v) is 17.1. The van der Waals surface area contributed by atoms with Gasteiger partial charge in [-0.3, -0.25) is 9.59 Å². The number of carbonyl (C=O) groups excluding carboxylic acids is 2. The van der Waals surface area contributed by atoms with Gasteiger partial charge in [-0.2, -0.15) is 0 Å². The molecule has 0 saturated carbocycles. The van der Waals surface area contributed by atoms with Crippen LogP contribution < -0.4 is 20.5 Å². The topological polar surface area (TPSA) is 93.9 Å². The Bertz CT molecular complexity index is 935. The van der Waals surface area contributed by atoms with Crippen molar-refractivity contribution in [2.24, 2.45) is 5.73 Å². The fourth-order valence-corrected chi connectivity index (χ4v) is 3.34. The van der Waals surface area contributed by atoms with Crippen molar-refractivity contribution in [1.82, 2.24) is 10.2 Å². The zero-order chi connectivity index (χ0) is 21.7. The van der Waals surface area contributed by atoms with Crippen molar-refractivity contribution < 1.29 is 23.5 Å². The first kappa shape index (κ1) is 21.6. The molecular formula is C22H26FN3O4. The normalized spacial score (nSPS) is 16.7. The van der Waals surface area contributed by atoms with Crippen LogP contribution in [0.3, 0.4) is 0 Å². The number of halogens is 1. The van der Waals surface area contributed by atoms with E-state index in [1.165, 1.54) is 19.2 Å². The number of methoxy groups -OCH3 is 1. The van der Waals surface area contributed by atoms with Crippen LogP contribution in [-0.4, -0.2) is 43.5 Å². The second kappa shape index (κ2) is 9.58. The molecule has 3 N–H and O–H groups in total. The molecule has 1 aliphatic heterocycles. The molecule has 1 unspecified atom stereocenters. The first-order valence-corrected chi connectivity index (χ1v) is 9.80. The molecule has 2 aromatic carbocycles. The summed E-state index contributed by atoms with van der Waals surface area (Å²) in [4.78, 5) is 26.3. The van der Waals surface area contributed by atoms with Crippen LogP contribution in [0.2, 0.25) is 0 Å². The van der Waals surface area contributed by atoms with E-state index in [0.717, 1.165) is 0 Å². The van der Waals surface area contributed by atoms with Gasteiger partial charge >= 0.3 is 0 Å². The maximum absolute atomic E-state index is 13.8. The van der Waals surface area contributed by atoms with Crippen LogP contribution in [0.15, 0.2) is 36.4 Å². The highest BCUT2D eigenvalue weighted by Gasteiger charge is 2.22. The first-order valence-electron chi connectivity index (χ1n) is 9.80. The number of benzene rings is 2. The van der Waals surface area contributed by atoms with Crippen molar-refractivity contribution >= 4 is 11.8 Å². The molecule has 1 heterocycles. The Labute approximate surface area is 174 Å². The lowest BCUT2D eigenvalue weighted by Crippen LogP contribution is -2.35. The minimum absolute atomic E-state index is 0.0822. The van der Waals surface area contributed by atoms with Gasteiger partial charge < -0.3 is 25.4 Å². The van der Waals surface area contributed by atoms with Gasteiger partial charge in [0.05, 0.1) is 7.11 Å². The number of nitrogens with zero attached hydrogens (tertiary/aromatic N) is 1. The SMILES string of the molecule is COc1ccc(C(=O)NC2CCC(=O)N(C)CC2)cc1Oc1cc(F)cc(CN)c1. The Hall–Kier alpha value is -3.13. The third kappa shape index (κ3) is 5.27. The third-order valence-electron chi connectivity index (χ3n) is 5.10. The van der Waals surface area contributed by atoms with E-state index in [-0.39, 0.29) is 35.9 Å². The summed E-state index contributed by atoms with van der Waals surface area (Å²) < 4.78 is 24.9. The lowest BCUT2D eigenvalue weighted by atomic mass is 10.1. The van der Waals surface area contributed by atoms with Crippen LogP contribution in [0.25, 0.3) is 0 Å². The minimum Gasteiger partial charge on any atom is -0.493 e.